The van der Waals surface area contributed by atoms with Crippen LogP contribution in [0.3, 0.4) is 0 Å². The van der Waals surface area contributed by atoms with Crippen molar-refractivity contribution >= 4 is 17.3 Å². The fraction of sp³-hybridized carbons (Fsp3) is 0.444. The van der Waals surface area contributed by atoms with Crippen molar-refractivity contribution in [3.05, 3.63) is 41.7 Å². The number of rotatable bonds is 4. The lowest BCUT2D eigenvalue weighted by atomic mass is 9.87. The monoisotopic (exact) mass is 298 g/mol. The Balaban J connectivity index is 2.18. The third kappa shape index (κ3) is 4.45. The molecule has 0 bridgehead atoms. The van der Waals surface area contributed by atoms with Gasteiger partial charge in [-0.15, -0.1) is 0 Å². The molecule has 1 aromatic heterocycles. The molecule has 0 unspecified atom stereocenters. The zero-order valence-corrected chi connectivity index (χ0v) is 14.4. The minimum absolute atomic E-state index is 0.165. The average Bonchev–Trinajstić information content (AvgIpc) is 2.36. The van der Waals surface area contributed by atoms with E-state index in [1.807, 2.05) is 13.0 Å². The maximum absolute atomic E-state index is 4.45. The number of benzene rings is 1. The highest BCUT2D eigenvalue weighted by Gasteiger charge is 2.13. The molecule has 0 fully saturated rings. The van der Waals surface area contributed by atoms with Crippen molar-refractivity contribution in [2.24, 2.45) is 0 Å². The van der Waals surface area contributed by atoms with Crippen LogP contribution in [0.25, 0.3) is 0 Å². The molecule has 2 rings (SSSR count). The maximum Gasteiger partial charge on any atom is 0.136 e. The number of aryl methyl sites for hydroxylation is 1. The van der Waals surface area contributed by atoms with Gasteiger partial charge in [0.15, 0.2) is 0 Å². The van der Waals surface area contributed by atoms with Gasteiger partial charge in [0.25, 0.3) is 0 Å². The van der Waals surface area contributed by atoms with Crippen LogP contribution >= 0.6 is 0 Å². The second-order valence-corrected chi connectivity index (χ2v) is 6.94. The van der Waals surface area contributed by atoms with Crippen LogP contribution in [0.1, 0.15) is 46.0 Å². The summed E-state index contributed by atoms with van der Waals surface area (Å²) in [6.45, 7) is 12.7. The molecule has 0 saturated carbocycles. The van der Waals surface area contributed by atoms with E-state index >= 15 is 0 Å². The summed E-state index contributed by atoms with van der Waals surface area (Å²) in [6, 6.07) is 10.8. The van der Waals surface area contributed by atoms with Crippen molar-refractivity contribution in [1.29, 1.82) is 0 Å². The third-order valence-corrected chi connectivity index (χ3v) is 3.30. The van der Waals surface area contributed by atoms with Crippen LogP contribution in [0, 0.1) is 6.92 Å². The molecule has 22 heavy (non-hydrogen) atoms. The summed E-state index contributed by atoms with van der Waals surface area (Å²) >= 11 is 0. The summed E-state index contributed by atoms with van der Waals surface area (Å²) in [7, 11) is 0. The van der Waals surface area contributed by atoms with E-state index in [0.717, 1.165) is 23.1 Å². The highest BCUT2D eigenvalue weighted by atomic mass is 15.1. The normalized spacial score (nSPS) is 11.6. The van der Waals surface area contributed by atoms with Crippen LogP contribution in [0.15, 0.2) is 30.3 Å². The molecule has 4 heteroatoms. The largest absolute Gasteiger partial charge is 0.368 e. The Morgan fingerprint density at radius 2 is 1.55 bits per heavy atom. The van der Waals surface area contributed by atoms with Gasteiger partial charge in [0.2, 0.25) is 0 Å². The molecule has 0 aliphatic heterocycles. The molecule has 2 N–H and O–H groups in total. The summed E-state index contributed by atoms with van der Waals surface area (Å²) < 4.78 is 0. The van der Waals surface area contributed by atoms with Gasteiger partial charge in [-0.3, -0.25) is 0 Å². The first-order valence-corrected chi connectivity index (χ1v) is 7.74. The molecule has 1 heterocycles. The van der Waals surface area contributed by atoms with Gasteiger partial charge in [-0.05, 0) is 43.9 Å². The van der Waals surface area contributed by atoms with Gasteiger partial charge in [-0.25, -0.2) is 9.97 Å². The average molecular weight is 298 g/mol. The van der Waals surface area contributed by atoms with Gasteiger partial charge in [-0.2, -0.15) is 0 Å². The lowest BCUT2D eigenvalue weighted by Crippen LogP contribution is -2.12. The molecule has 0 radical (unpaired) electrons. The molecule has 0 amide bonds. The number of nitrogens with zero attached hydrogens (tertiary/aromatic N) is 2. The van der Waals surface area contributed by atoms with Gasteiger partial charge in [0, 0.05) is 17.8 Å². The molecular weight excluding hydrogens is 272 g/mol. The first-order valence-electron chi connectivity index (χ1n) is 7.74. The van der Waals surface area contributed by atoms with Crippen LogP contribution in [0.2, 0.25) is 0 Å². The zero-order valence-electron chi connectivity index (χ0n) is 14.4. The van der Waals surface area contributed by atoms with E-state index in [9.17, 15) is 0 Å². The molecule has 0 atom stereocenters. The second kappa shape index (κ2) is 6.34. The molecule has 0 aliphatic rings. The lowest BCUT2D eigenvalue weighted by molar-refractivity contribution is 0.590. The molecule has 0 aliphatic carbocycles. The predicted octanol–water partition coefficient (Wildman–Crippen LogP) is 4.65. The van der Waals surface area contributed by atoms with Gasteiger partial charge in [-0.1, -0.05) is 32.9 Å². The molecule has 118 valence electrons. The zero-order chi connectivity index (χ0) is 16.3. The second-order valence-electron chi connectivity index (χ2n) is 6.94. The van der Waals surface area contributed by atoms with Crippen LogP contribution in [-0.4, -0.2) is 16.0 Å². The topological polar surface area (TPSA) is 49.8 Å². The number of hydrogen-bond acceptors (Lipinski definition) is 4. The Bertz CT molecular complexity index is 625. The first-order chi connectivity index (χ1) is 10.2. The summed E-state index contributed by atoms with van der Waals surface area (Å²) in [4.78, 5) is 8.85. The van der Waals surface area contributed by atoms with Crippen molar-refractivity contribution in [1.82, 2.24) is 9.97 Å². The van der Waals surface area contributed by atoms with Gasteiger partial charge in [0.1, 0.15) is 17.5 Å². The lowest BCUT2D eigenvalue weighted by Gasteiger charge is -2.19. The Kier molecular flexibility index (Phi) is 4.69. The molecule has 4 nitrogen and oxygen atoms in total. The van der Waals surface area contributed by atoms with E-state index in [4.69, 9.17) is 0 Å². The van der Waals surface area contributed by atoms with Crippen molar-refractivity contribution in [2.45, 2.75) is 53.0 Å². The SMILES string of the molecule is Cc1nc(Nc2ccc(C(C)(C)C)cc2)cc(NC(C)C)n1. The van der Waals surface area contributed by atoms with Crippen molar-refractivity contribution in [3.8, 4) is 0 Å². The fourth-order valence-corrected chi connectivity index (χ4v) is 2.20. The van der Waals surface area contributed by atoms with Crippen LogP contribution < -0.4 is 10.6 Å². The Labute approximate surface area is 133 Å². The maximum atomic E-state index is 4.45. The minimum Gasteiger partial charge on any atom is -0.368 e. The number of hydrogen-bond donors (Lipinski definition) is 2. The van der Waals surface area contributed by atoms with Gasteiger partial charge in [0.05, 0.1) is 0 Å². The molecule has 0 spiro atoms. The fourth-order valence-electron chi connectivity index (χ4n) is 2.20. The van der Waals surface area contributed by atoms with Crippen molar-refractivity contribution in [2.75, 3.05) is 10.6 Å². The summed E-state index contributed by atoms with van der Waals surface area (Å²) in [5, 5.41) is 6.66. The molecule has 1 aromatic carbocycles. The van der Waals surface area contributed by atoms with E-state index in [1.165, 1.54) is 5.56 Å². The van der Waals surface area contributed by atoms with E-state index in [-0.39, 0.29) is 5.41 Å². The van der Waals surface area contributed by atoms with Crippen LogP contribution in [-0.2, 0) is 5.41 Å². The van der Waals surface area contributed by atoms with Gasteiger partial charge < -0.3 is 10.6 Å². The van der Waals surface area contributed by atoms with Crippen molar-refractivity contribution in [3.63, 3.8) is 0 Å². The third-order valence-electron chi connectivity index (χ3n) is 3.30. The Morgan fingerprint density at radius 1 is 0.955 bits per heavy atom. The Morgan fingerprint density at radius 3 is 2.09 bits per heavy atom. The molecule has 0 saturated heterocycles. The smallest absolute Gasteiger partial charge is 0.136 e. The van der Waals surface area contributed by atoms with Crippen molar-refractivity contribution < 1.29 is 0 Å². The van der Waals surface area contributed by atoms with E-state index in [0.29, 0.717) is 6.04 Å². The van der Waals surface area contributed by atoms with Gasteiger partial charge >= 0.3 is 0 Å². The highest BCUT2D eigenvalue weighted by Crippen LogP contribution is 2.25. The number of anilines is 3. The first kappa shape index (κ1) is 16.3. The summed E-state index contributed by atoms with van der Waals surface area (Å²) in [6.07, 6.45) is 0. The van der Waals surface area contributed by atoms with Crippen LogP contribution in [0.4, 0.5) is 17.3 Å². The molecular formula is C18H26N4. The van der Waals surface area contributed by atoms with Crippen LogP contribution in [0.5, 0.6) is 0 Å². The predicted molar refractivity (Wildman–Crippen MR) is 94.0 cm³/mol. The standard InChI is InChI=1S/C18H26N4/c1-12(2)19-16-11-17(21-13(3)20-16)22-15-9-7-14(8-10-15)18(4,5)6/h7-12H,1-6H3,(H2,19,20,21,22). The summed E-state index contributed by atoms with van der Waals surface area (Å²) in [5.41, 5.74) is 2.51. The number of nitrogens with one attached hydrogen (secondary N) is 2. The van der Waals surface area contributed by atoms with E-state index in [2.05, 4.69) is 79.5 Å². The Hall–Kier alpha value is -2.10. The minimum atomic E-state index is 0.165. The van der Waals surface area contributed by atoms with E-state index < -0.39 is 0 Å². The quantitative estimate of drug-likeness (QED) is 0.863. The highest BCUT2D eigenvalue weighted by molar-refractivity contribution is 5.59. The molecule has 2 aromatic rings. The summed E-state index contributed by atoms with van der Waals surface area (Å²) in [5.74, 6) is 2.40. The number of aromatic nitrogens is 2. The van der Waals surface area contributed by atoms with E-state index in [1.54, 1.807) is 0 Å².